The number of aryl methyl sites for hydroxylation is 1. The van der Waals surface area contributed by atoms with E-state index in [1.54, 1.807) is 0 Å². The fraction of sp³-hybridized carbons (Fsp3) is 0.650. The van der Waals surface area contributed by atoms with Crippen molar-refractivity contribution in [3.05, 3.63) is 29.8 Å². The van der Waals surface area contributed by atoms with E-state index in [-0.39, 0.29) is 12.5 Å². The van der Waals surface area contributed by atoms with E-state index in [0.717, 1.165) is 42.3 Å². The van der Waals surface area contributed by atoms with Crippen LogP contribution in [-0.4, -0.2) is 66.0 Å². The molecule has 2 heterocycles. The lowest BCUT2D eigenvalue weighted by atomic mass is 10.1. The Morgan fingerprint density at radius 3 is 2.84 bits per heavy atom. The number of carbonyl (C=O) groups excluding carboxylic acids is 1. The van der Waals surface area contributed by atoms with Crippen molar-refractivity contribution in [3.63, 3.8) is 0 Å². The number of piperidine rings is 1. The maximum absolute atomic E-state index is 12.8. The molecule has 0 spiro atoms. The van der Waals surface area contributed by atoms with E-state index in [2.05, 4.69) is 9.80 Å². The molecule has 2 aliphatic rings. The van der Waals surface area contributed by atoms with Gasteiger partial charge in [-0.15, -0.1) is 0 Å². The van der Waals surface area contributed by atoms with Crippen LogP contribution in [0.2, 0.25) is 0 Å². The highest BCUT2D eigenvalue weighted by atomic mass is 32.2. The molecule has 5 heteroatoms. The Labute approximate surface area is 155 Å². The van der Waals surface area contributed by atoms with E-state index in [1.165, 1.54) is 32.4 Å². The highest BCUT2D eigenvalue weighted by Crippen LogP contribution is 2.20. The van der Waals surface area contributed by atoms with Crippen LogP contribution in [0.5, 0.6) is 5.75 Å². The molecule has 0 radical (unpaired) electrons. The summed E-state index contributed by atoms with van der Waals surface area (Å²) < 4.78 is 5.77. The van der Waals surface area contributed by atoms with Crippen LogP contribution in [0.1, 0.15) is 31.2 Å². The number of ether oxygens (including phenoxy) is 1. The van der Waals surface area contributed by atoms with Crippen molar-refractivity contribution < 1.29 is 9.53 Å². The molecule has 2 saturated heterocycles. The van der Waals surface area contributed by atoms with Gasteiger partial charge in [0.25, 0.3) is 5.91 Å². The summed E-state index contributed by atoms with van der Waals surface area (Å²) in [5.74, 6) is 3.11. The van der Waals surface area contributed by atoms with Crippen LogP contribution in [-0.2, 0) is 4.79 Å². The summed E-state index contributed by atoms with van der Waals surface area (Å²) in [4.78, 5) is 17.5. The number of nitrogens with zero attached hydrogens (tertiary/aromatic N) is 2. The highest BCUT2D eigenvalue weighted by molar-refractivity contribution is 7.99. The Hall–Kier alpha value is -1.20. The fourth-order valence-electron chi connectivity index (χ4n) is 3.68. The zero-order valence-electron chi connectivity index (χ0n) is 15.3. The molecule has 2 fully saturated rings. The highest BCUT2D eigenvalue weighted by Gasteiger charge is 2.28. The van der Waals surface area contributed by atoms with Gasteiger partial charge in [0.1, 0.15) is 5.75 Å². The first-order chi connectivity index (χ1) is 12.2. The van der Waals surface area contributed by atoms with Crippen LogP contribution in [0.15, 0.2) is 24.3 Å². The SMILES string of the molecule is Cc1cccc(OCC(=O)N2CCCSCC2CN2CCCCC2)c1. The van der Waals surface area contributed by atoms with Crippen LogP contribution in [0.25, 0.3) is 0 Å². The lowest BCUT2D eigenvalue weighted by Crippen LogP contribution is -2.50. The van der Waals surface area contributed by atoms with Gasteiger partial charge >= 0.3 is 0 Å². The van der Waals surface area contributed by atoms with Gasteiger partial charge in [-0.25, -0.2) is 0 Å². The first-order valence-electron chi connectivity index (χ1n) is 9.51. The monoisotopic (exact) mass is 362 g/mol. The number of hydrogen-bond acceptors (Lipinski definition) is 4. The lowest BCUT2D eigenvalue weighted by Gasteiger charge is -2.35. The summed E-state index contributed by atoms with van der Waals surface area (Å²) in [6, 6.07) is 8.23. The normalized spacial score (nSPS) is 22.4. The van der Waals surface area contributed by atoms with Crippen LogP contribution in [0.4, 0.5) is 0 Å². The Morgan fingerprint density at radius 1 is 1.20 bits per heavy atom. The topological polar surface area (TPSA) is 32.8 Å². The first kappa shape index (κ1) is 18.6. The number of carbonyl (C=O) groups is 1. The predicted molar refractivity (Wildman–Crippen MR) is 104 cm³/mol. The maximum Gasteiger partial charge on any atom is 0.260 e. The quantitative estimate of drug-likeness (QED) is 0.805. The van der Waals surface area contributed by atoms with E-state index in [0.29, 0.717) is 6.04 Å². The lowest BCUT2D eigenvalue weighted by molar-refractivity contribution is -0.135. The zero-order valence-corrected chi connectivity index (χ0v) is 16.1. The summed E-state index contributed by atoms with van der Waals surface area (Å²) in [5.41, 5.74) is 1.15. The van der Waals surface area contributed by atoms with Crippen molar-refractivity contribution in [2.24, 2.45) is 0 Å². The summed E-state index contributed by atoms with van der Waals surface area (Å²) in [6.07, 6.45) is 5.02. The van der Waals surface area contributed by atoms with Crippen LogP contribution >= 0.6 is 11.8 Å². The summed E-state index contributed by atoms with van der Waals surface area (Å²) in [6.45, 7) is 6.43. The van der Waals surface area contributed by atoms with Gasteiger partial charge in [-0.3, -0.25) is 4.79 Å². The van der Waals surface area contributed by atoms with Gasteiger partial charge in [0, 0.05) is 18.8 Å². The molecule has 1 aromatic rings. The molecule has 0 aliphatic carbocycles. The molecule has 1 unspecified atom stereocenters. The van der Waals surface area contributed by atoms with Gasteiger partial charge in [0.2, 0.25) is 0 Å². The van der Waals surface area contributed by atoms with Gasteiger partial charge in [-0.1, -0.05) is 18.6 Å². The minimum Gasteiger partial charge on any atom is -0.484 e. The molecule has 0 N–H and O–H groups in total. The molecule has 2 aliphatic heterocycles. The van der Waals surface area contributed by atoms with E-state index in [1.807, 2.05) is 43.0 Å². The van der Waals surface area contributed by atoms with Crippen LogP contribution in [0.3, 0.4) is 0 Å². The molecule has 25 heavy (non-hydrogen) atoms. The summed E-state index contributed by atoms with van der Waals surface area (Å²) >= 11 is 1.99. The van der Waals surface area contributed by atoms with Crippen molar-refractivity contribution in [2.45, 2.75) is 38.6 Å². The largest absolute Gasteiger partial charge is 0.484 e. The van der Waals surface area contributed by atoms with E-state index in [9.17, 15) is 4.79 Å². The van der Waals surface area contributed by atoms with Crippen molar-refractivity contribution >= 4 is 17.7 Å². The molecular formula is C20H30N2O2S. The second-order valence-corrected chi connectivity index (χ2v) is 8.29. The third-order valence-electron chi connectivity index (χ3n) is 5.03. The smallest absolute Gasteiger partial charge is 0.260 e. The van der Waals surface area contributed by atoms with Gasteiger partial charge in [-0.05, 0) is 62.7 Å². The van der Waals surface area contributed by atoms with Crippen LogP contribution in [0, 0.1) is 6.92 Å². The molecule has 1 aromatic carbocycles. The second kappa shape index (κ2) is 9.48. The van der Waals surface area contributed by atoms with Gasteiger partial charge in [-0.2, -0.15) is 11.8 Å². The summed E-state index contributed by atoms with van der Waals surface area (Å²) in [5, 5.41) is 0. The minimum absolute atomic E-state index is 0.131. The van der Waals surface area contributed by atoms with Crippen molar-refractivity contribution in [2.75, 3.05) is 44.3 Å². The average Bonchev–Trinajstić information content (AvgIpc) is 2.86. The molecule has 0 saturated carbocycles. The number of rotatable bonds is 5. The van der Waals surface area contributed by atoms with Gasteiger partial charge in [0.15, 0.2) is 6.61 Å². The molecule has 138 valence electrons. The number of hydrogen-bond donors (Lipinski definition) is 0. The van der Waals surface area contributed by atoms with Crippen molar-refractivity contribution in [1.29, 1.82) is 0 Å². The van der Waals surface area contributed by atoms with Gasteiger partial charge < -0.3 is 14.5 Å². The Kier molecular flexibility index (Phi) is 7.05. The molecule has 0 aromatic heterocycles. The zero-order chi connectivity index (χ0) is 17.5. The molecule has 0 bridgehead atoms. The van der Waals surface area contributed by atoms with E-state index in [4.69, 9.17) is 4.74 Å². The Morgan fingerprint density at radius 2 is 2.04 bits per heavy atom. The van der Waals surface area contributed by atoms with E-state index >= 15 is 0 Å². The fourth-order valence-corrected chi connectivity index (χ4v) is 4.74. The Bertz CT molecular complexity index is 560. The second-order valence-electron chi connectivity index (χ2n) is 7.14. The third-order valence-corrected chi connectivity index (χ3v) is 6.23. The molecule has 4 nitrogen and oxygen atoms in total. The predicted octanol–water partition coefficient (Wildman–Crippen LogP) is 3.19. The maximum atomic E-state index is 12.8. The van der Waals surface area contributed by atoms with E-state index < -0.39 is 0 Å². The number of likely N-dealkylation sites (tertiary alicyclic amines) is 1. The molecule has 3 rings (SSSR count). The third kappa shape index (κ3) is 5.65. The first-order valence-corrected chi connectivity index (χ1v) is 10.7. The van der Waals surface area contributed by atoms with Gasteiger partial charge in [0.05, 0.1) is 6.04 Å². The van der Waals surface area contributed by atoms with Crippen molar-refractivity contribution in [1.82, 2.24) is 9.80 Å². The summed E-state index contributed by atoms with van der Waals surface area (Å²) in [7, 11) is 0. The Balaban J connectivity index is 1.58. The minimum atomic E-state index is 0.131. The average molecular weight is 363 g/mol. The number of amides is 1. The van der Waals surface area contributed by atoms with Crippen molar-refractivity contribution in [3.8, 4) is 5.75 Å². The standard InChI is InChI=1S/C20H30N2O2S/c1-17-7-5-8-19(13-17)24-15-20(23)22-11-6-12-25-16-18(22)14-21-9-3-2-4-10-21/h5,7-8,13,18H,2-4,6,9-12,14-16H2,1H3. The number of benzene rings is 1. The van der Waals surface area contributed by atoms with Crippen LogP contribution < -0.4 is 4.74 Å². The molecule has 1 amide bonds. The number of thioether (sulfide) groups is 1. The molecular weight excluding hydrogens is 332 g/mol. The molecule has 1 atom stereocenters.